The first-order valence-corrected chi connectivity index (χ1v) is 5.51. The van der Waals surface area contributed by atoms with Crippen molar-refractivity contribution in [2.24, 2.45) is 5.73 Å². The zero-order valence-electron chi connectivity index (χ0n) is 8.74. The standard InChI is InChI=1S/C10H14N2O2S/c1-13-5-6-3-7(14-2)9-8(4-6)15-10(11)12-9/h3-4,10,12H,5,11H2,1-2H3. The highest BCUT2D eigenvalue weighted by molar-refractivity contribution is 8.00. The van der Waals surface area contributed by atoms with Crippen LogP contribution >= 0.6 is 11.8 Å². The summed E-state index contributed by atoms with van der Waals surface area (Å²) in [6.45, 7) is 0.583. The summed E-state index contributed by atoms with van der Waals surface area (Å²) in [6.07, 6.45) is 0. The molecule has 1 unspecified atom stereocenters. The van der Waals surface area contributed by atoms with E-state index < -0.39 is 0 Å². The Morgan fingerprint density at radius 2 is 2.27 bits per heavy atom. The number of hydrogen-bond donors (Lipinski definition) is 2. The SMILES string of the molecule is COCc1cc(OC)c2c(c1)SC(N)N2. The molecule has 2 rings (SSSR count). The highest BCUT2D eigenvalue weighted by Crippen LogP contribution is 2.43. The van der Waals surface area contributed by atoms with Gasteiger partial charge in [0.05, 0.1) is 19.4 Å². The lowest BCUT2D eigenvalue weighted by Gasteiger charge is -2.09. The Bertz CT molecular complexity index is 371. The first kappa shape index (κ1) is 10.6. The molecule has 5 heteroatoms. The van der Waals surface area contributed by atoms with Gasteiger partial charge in [0.25, 0.3) is 0 Å². The van der Waals surface area contributed by atoms with Crippen LogP contribution in [0, 0.1) is 0 Å². The molecule has 3 N–H and O–H groups in total. The molecule has 15 heavy (non-hydrogen) atoms. The fourth-order valence-corrected chi connectivity index (χ4v) is 2.55. The van der Waals surface area contributed by atoms with E-state index in [-0.39, 0.29) is 5.50 Å². The minimum Gasteiger partial charge on any atom is -0.495 e. The molecule has 1 aliphatic rings. The molecule has 1 aromatic carbocycles. The summed E-state index contributed by atoms with van der Waals surface area (Å²) in [5.74, 6) is 0.819. The van der Waals surface area contributed by atoms with Crippen molar-refractivity contribution in [2.75, 3.05) is 19.5 Å². The Kier molecular flexibility index (Phi) is 3.04. The van der Waals surface area contributed by atoms with Gasteiger partial charge in [-0.1, -0.05) is 11.8 Å². The topological polar surface area (TPSA) is 56.5 Å². The van der Waals surface area contributed by atoms with Crippen LogP contribution in [0.15, 0.2) is 17.0 Å². The summed E-state index contributed by atoms with van der Waals surface area (Å²) in [4.78, 5) is 1.12. The maximum atomic E-state index is 5.80. The smallest absolute Gasteiger partial charge is 0.143 e. The first-order valence-electron chi connectivity index (χ1n) is 4.63. The van der Waals surface area contributed by atoms with E-state index in [1.807, 2.05) is 6.07 Å². The maximum absolute atomic E-state index is 5.80. The molecular weight excluding hydrogens is 212 g/mol. The Morgan fingerprint density at radius 1 is 1.47 bits per heavy atom. The molecule has 1 aliphatic heterocycles. The predicted octanol–water partition coefficient (Wildman–Crippen LogP) is 1.60. The summed E-state index contributed by atoms with van der Waals surface area (Å²) >= 11 is 1.59. The molecular formula is C10H14N2O2S. The average molecular weight is 226 g/mol. The third kappa shape index (κ3) is 2.04. The van der Waals surface area contributed by atoms with Crippen LogP contribution in [0.5, 0.6) is 5.75 Å². The summed E-state index contributed by atoms with van der Waals surface area (Å²) in [6, 6.07) is 4.04. The molecule has 0 aliphatic carbocycles. The van der Waals surface area contributed by atoms with E-state index in [1.165, 1.54) is 0 Å². The minimum absolute atomic E-state index is 0.0910. The second kappa shape index (κ2) is 4.30. The molecule has 1 atom stereocenters. The number of hydrogen-bond acceptors (Lipinski definition) is 5. The average Bonchev–Trinajstić information content (AvgIpc) is 2.57. The van der Waals surface area contributed by atoms with Crippen LogP contribution in [0.3, 0.4) is 0 Å². The predicted molar refractivity (Wildman–Crippen MR) is 61.2 cm³/mol. The van der Waals surface area contributed by atoms with Gasteiger partial charge in [0.1, 0.15) is 11.2 Å². The van der Waals surface area contributed by atoms with Crippen molar-refractivity contribution in [3.8, 4) is 5.75 Å². The number of methoxy groups -OCH3 is 2. The van der Waals surface area contributed by atoms with E-state index in [9.17, 15) is 0 Å². The molecule has 0 saturated heterocycles. The maximum Gasteiger partial charge on any atom is 0.143 e. The normalized spacial score (nSPS) is 18.5. The van der Waals surface area contributed by atoms with E-state index in [0.29, 0.717) is 6.61 Å². The number of fused-ring (bicyclic) bond motifs is 1. The fourth-order valence-electron chi connectivity index (χ4n) is 1.60. The number of nitrogens with two attached hydrogens (primary N) is 1. The van der Waals surface area contributed by atoms with Crippen LogP contribution in [0.4, 0.5) is 5.69 Å². The largest absolute Gasteiger partial charge is 0.495 e. The van der Waals surface area contributed by atoms with Gasteiger partial charge in [0.15, 0.2) is 0 Å². The van der Waals surface area contributed by atoms with Gasteiger partial charge in [-0.15, -0.1) is 0 Å². The van der Waals surface area contributed by atoms with Crippen LogP contribution in [0.25, 0.3) is 0 Å². The van der Waals surface area contributed by atoms with Crippen molar-refractivity contribution in [2.45, 2.75) is 17.0 Å². The van der Waals surface area contributed by atoms with Gasteiger partial charge >= 0.3 is 0 Å². The van der Waals surface area contributed by atoms with Gasteiger partial charge in [0, 0.05) is 12.0 Å². The second-order valence-electron chi connectivity index (χ2n) is 3.29. The zero-order chi connectivity index (χ0) is 10.8. The Morgan fingerprint density at radius 3 is 2.93 bits per heavy atom. The number of anilines is 1. The monoisotopic (exact) mass is 226 g/mol. The summed E-state index contributed by atoms with van der Waals surface area (Å²) in [5.41, 5.74) is 7.78. The molecule has 0 amide bonds. The number of benzene rings is 1. The highest BCUT2D eigenvalue weighted by Gasteiger charge is 2.22. The molecule has 0 spiro atoms. The molecule has 82 valence electrons. The molecule has 0 bridgehead atoms. The fraction of sp³-hybridized carbons (Fsp3) is 0.400. The van der Waals surface area contributed by atoms with Gasteiger partial charge in [-0.3, -0.25) is 0 Å². The molecule has 1 heterocycles. The van der Waals surface area contributed by atoms with Gasteiger partial charge < -0.3 is 20.5 Å². The van der Waals surface area contributed by atoms with Crippen molar-refractivity contribution in [1.29, 1.82) is 0 Å². The summed E-state index contributed by atoms with van der Waals surface area (Å²) in [5, 5.41) is 3.16. The number of thioether (sulfide) groups is 1. The summed E-state index contributed by atoms with van der Waals surface area (Å²) in [7, 11) is 3.33. The quantitative estimate of drug-likeness (QED) is 0.820. The number of ether oxygens (including phenoxy) is 2. The lowest BCUT2D eigenvalue weighted by molar-refractivity contribution is 0.184. The van der Waals surface area contributed by atoms with Gasteiger partial charge in [0.2, 0.25) is 0 Å². The number of nitrogens with one attached hydrogen (secondary N) is 1. The lowest BCUT2D eigenvalue weighted by atomic mass is 10.2. The van der Waals surface area contributed by atoms with E-state index in [4.69, 9.17) is 15.2 Å². The van der Waals surface area contributed by atoms with E-state index >= 15 is 0 Å². The lowest BCUT2D eigenvalue weighted by Crippen LogP contribution is -2.20. The van der Waals surface area contributed by atoms with Gasteiger partial charge in [-0.2, -0.15) is 0 Å². The van der Waals surface area contributed by atoms with Crippen LogP contribution < -0.4 is 15.8 Å². The van der Waals surface area contributed by atoms with E-state index in [2.05, 4.69) is 11.4 Å². The van der Waals surface area contributed by atoms with Gasteiger partial charge in [-0.25, -0.2) is 0 Å². The van der Waals surface area contributed by atoms with E-state index in [1.54, 1.807) is 26.0 Å². The molecule has 0 fully saturated rings. The van der Waals surface area contributed by atoms with Crippen molar-refractivity contribution >= 4 is 17.4 Å². The van der Waals surface area contributed by atoms with Crippen molar-refractivity contribution in [3.63, 3.8) is 0 Å². The molecule has 0 aromatic heterocycles. The Hall–Kier alpha value is -0.910. The molecule has 0 saturated carbocycles. The molecule has 4 nitrogen and oxygen atoms in total. The van der Waals surface area contributed by atoms with Gasteiger partial charge in [-0.05, 0) is 17.7 Å². The van der Waals surface area contributed by atoms with Crippen molar-refractivity contribution < 1.29 is 9.47 Å². The highest BCUT2D eigenvalue weighted by atomic mass is 32.2. The van der Waals surface area contributed by atoms with Crippen molar-refractivity contribution in [1.82, 2.24) is 0 Å². The molecule has 0 radical (unpaired) electrons. The van der Waals surface area contributed by atoms with Crippen molar-refractivity contribution in [3.05, 3.63) is 17.7 Å². The third-order valence-corrected chi connectivity index (χ3v) is 3.14. The number of rotatable bonds is 3. The van der Waals surface area contributed by atoms with Crippen LogP contribution in [0.2, 0.25) is 0 Å². The van der Waals surface area contributed by atoms with Crippen LogP contribution in [-0.4, -0.2) is 19.7 Å². The van der Waals surface area contributed by atoms with Crippen LogP contribution in [0.1, 0.15) is 5.56 Å². The first-order chi connectivity index (χ1) is 7.24. The third-order valence-electron chi connectivity index (χ3n) is 2.20. The minimum atomic E-state index is -0.0910. The Balaban J connectivity index is 2.38. The zero-order valence-corrected chi connectivity index (χ0v) is 9.56. The second-order valence-corrected chi connectivity index (χ2v) is 4.47. The molecule has 1 aromatic rings. The summed E-state index contributed by atoms with van der Waals surface area (Å²) < 4.78 is 10.4. The van der Waals surface area contributed by atoms with Crippen LogP contribution in [-0.2, 0) is 11.3 Å². The Labute approximate surface area is 93.1 Å². The van der Waals surface area contributed by atoms with E-state index in [0.717, 1.165) is 21.9 Å².